The summed E-state index contributed by atoms with van der Waals surface area (Å²) in [4.78, 5) is 23.8. The van der Waals surface area contributed by atoms with Crippen LogP contribution in [0.25, 0.3) is 0 Å². The van der Waals surface area contributed by atoms with Gasteiger partial charge in [-0.2, -0.15) is 0 Å². The number of nitrogens with one attached hydrogen (secondary N) is 1. The van der Waals surface area contributed by atoms with Gasteiger partial charge in [-0.3, -0.25) is 9.79 Å². The molecule has 28 heavy (non-hydrogen) atoms. The van der Waals surface area contributed by atoms with E-state index in [0.29, 0.717) is 29.9 Å². The number of carbonyl (C=O) groups is 1. The topological polar surface area (TPSA) is 66.8 Å². The second-order valence-corrected chi connectivity index (χ2v) is 8.71. The highest BCUT2D eigenvalue weighted by molar-refractivity contribution is 8.14. The zero-order chi connectivity index (χ0) is 19.3. The molecule has 1 unspecified atom stereocenters. The second kappa shape index (κ2) is 8.87. The van der Waals surface area contributed by atoms with E-state index in [1.807, 2.05) is 47.5 Å². The average Bonchev–Trinajstić information content (AvgIpc) is 3.30. The molecule has 0 spiro atoms. The van der Waals surface area contributed by atoms with Crippen molar-refractivity contribution in [2.75, 3.05) is 23.5 Å². The van der Waals surface area contributed by atoms with E-state index in [1.165, 1.54) is 0 Å². The fourth-order valence-electron chi connectivity index (χ4n) is 2.93. The van der Waals surface area contributed by atoms with Gasteiger partial charge in [0.25, 0.3) is 0 Å². The summed E-state index contributed by atoms with van der Waals surface area (Å²) in [6.45, 7) is 2.93. The summed E-state index contributed by atoms with van der Waals surface area (Å²) in [7, 11) is 0. The number of thioether (sulfide) groups is 2. The molecule has 2 aliphatic rings. The first-order valence-electron chi connectivity index (χ1n) is 9.28. The predicted octanol–water partition coefficient (Wildman–Crippen LogP) is 4.45. The van der Waals surface area contributed by atoms with E-state index in [2.05, 4.69) is 22.2 Å². The molecule has 0 radical (unpaired) electrons. The summed E-state index contributed by atoms with van der Waals surface area (Å²) in [5, 5.41) is 4.16. The molecule has 1 saturated heterocycles. The molecule has 2 aliphatic heterocycles. The number of para-hydroxylation sites is 1. The van der Waals surface area contributed by atoms with E-state index in [4.69, 9.17) is 4.74 Å². The van der Waals surface area contributed by atoms with Crippen LogP contribution in [0.15, 0.2) is 52.5 Å². The van der Waals surface area contributed by atoms with Crippen LogP contribution in [0.1, 0.15) is 19.8 Å². The molecule has 0 saturated carbocycles. The van der Waals surface area contributed by atoms with Gasteiger partial charge in [0.2, 0.25) is 5.91 Å². The van der Waals surface area contributed by atoms with E-state index in [1.54, 1.807) is 23.5 Å². The molecule has 4 rings (SSSR count). The number of benzene rings is 1. The van der Waals surface area contributed by atoms with Gasteiger partial charge in [-0.05, 0) is 31.5 Å². The number of hydrogen-bond donors (Lipinski definition) is 1. The fraction of sp³-hybridized carbons (Fsp3) is 0.350. The summed E-state index contributed by atoms with van der Waals surface area (Å²) in [5.74, 6) is 3.87. The molecular weight excluding hydrogens is 392 g/mol. The third-order valence-corrected chi connectivity index (χ3v) is 6.51. The molecule has 1 atom stereocenters. The van der Waals surface area contributed by atoms with Gasteiger partial charge in [-0.25, -0.2) is 4.98 Å². The lowest BCUT2D eigenvalue weighted by molar-refractivity contribution is -0.126. The smallest absolute Gasteiger partial charge is 0.223 e. The van der Waals surface area contributed by atoms with Gasteiger partial charge in [0, 0.05) is 29.8 Å². The fourth-order valence-corrected chi connectivity index (χ4v) is 4.72. The van der Waals surface area contributed by atoms with Crippen LogP contribution in [0, 0.1) is 0 Å². The number of nitrogens with zero attached hydrogens (tertiary/aromatic N) is 3. The van der Waals surface area contributed by atoms with Gasteiger partial charge in [0.05, 0.1) is 11.9 Å². The number of amides is 1. The zero-order valence-corrected chi connectivity index (χ0v) is 17.3. The minimum Gasteiger partial charge on any atom is -0.453 e. The summed E-state index contributed by atoms with van der Waals surface area (Å²) in [6, 6.07) is 11.9. The predicted molar refractivity (Wildman–Crippen MR) is 115 cm³/mol. The molecule has 146 valence electrons. The lowest BCUT2D eigenvalue weighted by Gasteiger charge is -2.16. The van der Waals surface area contributed by atoms with Gasteiger partial charge >= 0.3 is 0 Å². The van der Waals surface area contributed by atoms with E-state index in [-0.39, 0.29) is 5.91 Å². The van der Waals surface area contributed by atoms with Crippen LogP contribution in [0.3, 0.4) is 0 Å². The highest BCUT2D eigenvalue weighted by Crippen LogP contribution is 2.33. The van der Waals surface area contributed by atoms with Gasteiger partial charge < -0.3 is 15.0 Å². The minimum absolute atomic E-state index is 0.227. The molecular formula is C20H22N4O2S2. The largest absolute Gasteiger partial charge is 0.453 e. The maximum atomic E-state index is 11.8. The Kier molecular flexibility index (Phi) is 6.07. The number of anilines is 1. The number of ether oxygens (including phenoxy) is 1. The monoisotopic (exact) mass is 414 g/mol. The van der Waals surface area contributed by atoms with E-state index in [0.717, 1.165) is 34.5 Å². The van der Waals surface area contributed by atoms with E-state index < -0.39 is 0 Å². The highest BCUT2D eigenvalue weighted by Gasteiger charge is 2.21. The number of pyridine rings is 1. The Balaban J connectivity index is 1.52. The molecule has 1 fully saturated rings. The Morgan fingerprint density at radius 2 is 2.21 bits per heavy atom. The highest BCUT2D eigenvalue weighted by atomic mass is 32.2. The molecule has 1 N–H and O–H groups in total. The van der Waals surface area contributed by atoms with Gasteiger partial charge in [0.15, 0.2) is 16.7 Å². The van der Waals surface area contributed by atoms with Crippen molar-refractivity contribution >= 4 is 40.4 Å². The molecule has 1 amide bonds. The number of carbonyl (C=O) groups excluding carboxylic acids is 1. The van der Waals surface area contributed by atoms with Gasteiger partial charge in [0.1, 0.15) is 5.75 Å². The van der Waals surface area contributed by atoms with Crippen molar-refractivity contribution in [1.29, 1.82) is 0 Å². The van der Waals surface area contributed by atoms with Crippen molar-refractivity contribution in [2.24, 2.45) is 4.99 Å². The summed E-state index contributed by atoms with van der Waals surface area (Å²) in [6.07, 6.45) is 3.41. The second-order valence-electron chi connectivity index (χ2n) is 6.69. The van der Waals surface area contributed by atoms with Crippen molar-refractivity contribution in [3.63, 3.8) is 0 Å². The van der Waals surface area contributed by atoms with Crippen molar-refractivity contribution in [3.05, 3.63) is 42.6 Å². The van der Waals surface area contributed by atoms with Gasteiger partial charge in [-0.15, -0.1) is 11.8 Å². The molecule has 3 heterocycles. The third-order valence-electron chi connectivity index (χ3n) is 4.38. The van der Waals surface area contributed by atoms with Crippen LogP contribution in [-0.4, -0.2) is 45.2 Å². The summed E-state index contributed by atoms with van der Waals surface area (Å²) >= 11 is 3.28. The Hall–Kier alpha value is -2.19. The first-order valence-corrected chi connectivity index (χ1v) is 11.3. The van der Waals surface area contributed by atoms with Gasteiger partial charge in [-0.1, -0.05) is 30.0 Å². The van der Waals surface area contributed by atoms with Crippen LogP contribution in [0.4, 0.5) is 5.82 Å². The number of amidine groups is 1. The van der Waals surface area contributed by atoms with E-state index in [9.17, 15) is 4.79 Å². The normalized spacial score (nSPS) is 19.0. The zero-order valence-electron chi connectivity index (χ0n) is 15.6. The van der Waals surface area contributed by atoms with Crippen LogP contribution in [0.5, 0.6) is 11.5 Å². The van der Waals surface area contributed by atoms with Crippen molar-refractivity contribution in [3.8, 4) is 11.5 Å². The first kappa shape index (κ1) is 19.1. The molecule has 0 aliphatic carbocycles. The van der Waals surface area contributed by atoms with Crippen molar-refractivity contribution < 1.29 is 9.53 Å². The lowest BCUT2D eigenvalue weighted by atomic mass is 10.3. The Labute approximate surface area is 173 Å². The standard InChI is InChI=1S/C20H22N4O2S2/c1-14-12-27-20(22-14)23-19-17(26-15-6-3-2-4-7-15)10-16(11-21-19)28-13-24-9-5-8-18(24)25/h2-4,6-7,10-11,14H,5,8-9,12-13H2,1H3,(H,21,22,23). The quantitative estimate of drug-likeness (QED) is 0.705. The number of aromatic nitrogens is 1. The number of aliphatic imine (C=N–C) groups is 1. The van der Waals surface area contributed by atoms with Crippen LogP contribution in [-0.2, 0) is 4.79 Å². The molecule has 6 nitrogen and oxygen atoms in total. The van der Waals surface area contributed by atoms with Crippen molar-refractivity contribution in [2.45, 2.75) is 30.7 Å². The summed E-state index contributed by atoms with van der Waals surface area (Å²) in [5.41, 5.74) is 0. The summed E-state index contributed by atoms with van der Waals surface area (Å²) < 4.78 is 6.10. The van der Waals surface area contributed by atoms with Crippen LogP contribution in [0.2, 0.25) is 0 Å². The Morgan fingerprint density at radius 3 is 2.93 bits per heavy atom. The number of hydrogen-bond acceptors (Lipinski definition) is 7. The molecule has 8 heteroatoms. The maximum absolute atomic E-state index is 11.8. The lowest BCUT2D eigenvalue weighted by Crippen LogP contribution is -2.23. The van der Waals surface area contributed by atoms with Crippen molar-refractivity contribution in [1.82, 2.24) is 9.88 Å². The number of likely N-dealkylation sites (tertiary alicyclic amines) is 1. The maximum Gasteiger partial charge on any atom is 0.223 e. The Morgan fingerprint density at radius 1 is 1.36 bits per heavy atom. The Bertz CT molecular complexity index is 876. The average molecular weight is 415 g/mol. The molecule has 1 aromatic heterocycles. The number of rotatable bonds is 6. The molecule has 0 bridgehead atoms. The first-order chi connectivity index (χ1) is 13.7. The van der Waals surface area contributed by atoms with Crippen LogP contribution >= 0.6 is 23.5 Å². The third kappa shape index (κ3) is 4.80. The molecule has 2 aromatic rings. The molecule has 1 aromatic carbocycles. The van der Waals surface area contributed by atoms with E-state index >= 15 is 0 Å². The van der Waals surface area contributed by atoms with Crippen LogP contribution < -0.4 is 10.1 Å². The SMILES string of the molecule is CC1CSC(Nc2ncc(SCN3CCCC3=O)cc2Oc2ccccc2)=N1. The minimum atomic E-state index is 0.227.